The van der Waals surface area contributed by atoms with Crippen LogP contribution in [-0.2, 0) is 16.7 Å². The smallest absolute Gasteiger partial charge is 0.294 e. The third-order valence-corrected chi connectivity index (χ3v) is 4.32. The van der Waals surface area contributed by atoms with E-state index in [0.29, 0.717) is 39.4 Å². The number of aliphatic hydroxyl groups excluding tert-OH is 2. The van der Waals surface area contributed by atoms with Gasteiger partial charge in [0.25, 0.3) is 10.1 Å². The molecule has 1 rings (SSSR count). The molecule has 0 amide bonds. The summed E-state index contributed by atoms with van der Waals surface area (Å²) >= 11 is 0. The molecule has 0 aliphatic heterocycles. The van der Waals surface area contributed by atoms with Gasteiger partial charge in [0.1, 0.15) is 0 Å². The van der Waals surface area contributed by atoms with E-state index in [1.165, 1.54) is 12.1 Å². The normalized spacial score (nSPS) is 14.6. The van der Waals surface area contributed by atoms with Gasteiger partial charge in [0.2, 0.25) is 0 Å². The summed E-state index contributed by atoms with van der Waals surface area (Å²) < 4.78 is 30.9. The quantitative estimate of drug-likeness (QED) is 0.191. The summed E-state index contributed by atoms with van der Waals surface area (Å²) in [5.41, 5.74) is 0.904. The van der Waals surface area contributed by atoms with E-state index >= 15 is 0 Å². The van der Waals surface area contributed by atoms with E-state index in [1.807, 2.05) is 4.90 Å². The van der Waals surface area contributed by atoms with Crippen LogP contribution < -0.4 is 10.6 Å². The molecule has 0 bridgehead atoms. The highest BCUT2D eigenvalue weighted by Gasteiger charge is 2.09. The minimum Gasteiger partial charge on any atom is -0.392 e. The minimum absolute atomic E-state index is 0.122. The molecule has 25 heavy (non-hydrogen) atoms. The van der Waals surface area contributed by atoms with Crippen molar-refractivity contribution >= 4 is 10.1 Å². The Morgan fingerprint density at radius 1 is 1.08 bits per heavy atom. The first-order valence-corrected chi connectivity index (χ1v) is 9.69. The Morgan fingerprint density at radius 2 is 1.72 bits per heavy atom. The van der Waals surface area contributed by atoms with Gasteiger partial charge in [-0.2, -0.15) is 8.42 Å². The number of benzene rings is 1. The molecule has 0 aromatic heterocycles. The van der Waals surface area contributed by atoms with Crippen molar-refractivity contribution in [2.75, 3.05) is 32.8 Å². The maximum absolute atomic E-state index is 11.0. The van der Waals surface area contributed by atoms with Gasteiger partial charge in [0, 0.05) is 39.4 Å². The van der Waals surface area contributed by atoms with E-state index in [9.17, 15) is 18.6 Å². The summed E-state index contributed by atoms with van der Waals surface area (Å²) in [5.74, 6) is 0. The van der Waals surface area contributed by atoms with Gasteiger partial charge in [-0.25, -0.2) is 0 Å². The van der Waals surface area contributed by atoms with Crippen molar-refractivity contribution in [1.82, 2.24) is 15.5 Å². The Bertz CT molecular complexity index is 590. The lowest BCUT2D eigenvalue weighted by atomic mass is 10.2. The predicted molar refractivity (Wildman–Crippen MR) is 95.8 cm³/mol. The molecular formula is C16H29N3O5S. The summed E-state index contributed by atoms with van der Waals surface area (Å²) in [5, 5.41) is 25.2. The first kappa shape index (κ1) is 22.0. The monoisotopic (exact) mass is 375 g/mol. The Hall–Kier alpha value is -1.07. The van der Waals surface area contributed by atoms with Crippen LogP contribution in [0.4, 0.5) is 0 Å². The molecule has 0 fully saturated rings. The second-order valence-corrected chi connectivity index (χ2v) is 7.60. The summed E-state index contributed by atoms with van der Waals surface area (Å²) in [6, 6.07) is 6.03. The van der Waals surface area contributed by atoms with E-state index in [2.05, 4.69) is 10.6 Å². The van der Waals surface area contributed by atoms with Crippen LogP contribution in [0, 0.1) is 0 Å². The second-order valence-electron chi connectivity index (χ2n) is 6.18. The van der Waals surface area contributed by atoms with Crippen molar-refractivity contribution in [3.8, 4) is 0 Å². The molecule has 0 saturated carbocycles. The molecule has 0 aliphatic carbocycles. The molecule has 1 aromatic rings. The molecule has 144 valence electrons. The van der Waals surface area contributed by atoms with Gasteiger partial charge >= 0.3 is 0 Å². The van der Waals surface area contributed by atoms with Crippen LogP contribution in [0.25, 0.3) is 0 Å². The van der Waals surface area contributed by atoms with Gasteiger partial charge in [-0.05, 0) is 31.5 Å². The third kappa shape index (κ3) is 9.85. The lowest BCUT2D eigenvalue weighted by Crippen LogP contribution is -2.43. The summed E-state index contributed by atoms with van der Waals surface area (Å²) in [6.45, 7) is 6.98. The van der Waals surface area contributed by atoms with E-state index < -0.39 is 22.3 Å². The summed E-state index contributed by atoms with van der Waals surface area (Å²) in [4.78, 5) is 1.92. The van der Waals surface area contributed by atoms with Crippen molar-refractivity contribution in [2.45, 2.75) is 37.5 Å². The zero-order valence-corrected chi connectivity index (χ0v) is 15.5. The molecular weight excluding hydrogens is 346 g/mol. The molecule has 0 heterocycles. The van der Waals surface area contributed by atoms with Gasteiger partial charge in [-0.15, -0.1) is 0 Å². The highest BCUT2D eigenvalue weighted by Crippen LogP contribution is 2.09. The number of hydrogen-bond acceptors (Lipinski definition) is 7. The standard InChI is InChI=1S/C16H29N3O5S/c1-13(20)9-18-12-19(11-14(2)21)8-7-17-10-15-3-5-16(6-4-15)25(22,23)24/h3-6,13-14,17-18,20-21H,7-12H2,1-2H3,(H,22,23,24)/t13-,14-/m0/s1. The molecule has 0 radical (unpaired) electrons. The number of hydrogen-bond donors (Lipinski definition) is 5. The first-order chi connectivity index (χ1) is 11.7. The fourth-order valence-electron chi connectivity index (χ4n) is 2.29. The van der Waals surface area contributed by atoms with Gasteiger partial charge < -0.3 is 20.8 Å². The zero-order valence-electron chi connectivity index (χ0n) is 14.7. The van der Waals surface area contributed by atoms with Crippen LogP contribution in [0.5, 0.6) is 0 Å². The molecule has 2 atom stereocenters. The summed E-state index contributed by atoms with van der Waals surface area (Å²) in [6.07, 6.45) is -0.862. The first-order valence-electron chi connectivity index (χ1n) is 8.25. The lowest BCUT2D eigenvalue weighted by Gasteiger charge is -2.24. The average Bonchev–Trinajstić information content (AvgIpc) is 2.50. The van der Waals surface area contributed by atoms with Crippen LogP contribution in [-0.4, -0.2) is 73.1 Å². The van der Waals surface area contributed by atoms with Crippen molar-refractivity contribution in [3.63, 3.8) is 0 Å². The lowest BCUT2D eigenvalue weighted by molar-refractivity contribution is 0.115. The third-order valence-electron chi connectivity index (χ3n) is 3.45. The number of nitrogens with zero attached hydrogens (tertiary/aromatic N) is 1. The van der Waals surface area contributed by atoms with E-state index in [1.54, 1.807) is 26.0 Å². The van der Waals surface area contributed by atoms with Crippen molar-refractivity contribution in [3.05, 3.63) is 29.8 Å². The number of rotatable bonds is 12. The Kier molecular flexibility index (Phi) is 9.51. The minimum atomic E-state index is -4.16. The van der Waals surface area contributed by atoms with Gasteiger partial charge in [0.05, 0.1) is 17.1 Å². The molecule has 0 aliphatic rings. The fraction of sp³-hybridized carbons (Fsp3) is 0.625. The maximum atomic E-state index is 11.0. The van der Waals surface area contributed by atoms with Gasteiger partial charge in [-0.1, -0.05) is 12.1 Å². The van der Waals surface area contributed by atoms with Crippen molar-refractivity contribution in [2.24, 2.45) is 0 Å². The van der Waals surface area contributed by atoms with Gasteiger partial charge in [-0.3, -0.25) is 9.45 Å². The van der Waals surface area contributed by atoms with Crippen LogP contribution in [0.15, 0.2) is 29.2 Å². The number of aliphatic hydroxyl groups is 2. The van der Waals surface area contributed by atoms with E-state index in [0.717, 1.165) is 5.56 Å². The molecule has 0 saturated heterocycles. The molecule has 0 unspecified atom stereocenters. The fourth-order valence-corrected chi connectivity index (χ4v) is 2.77. The molecule has 1 aromatic carbocycles. The van der Waals surface area contributed by atoms with Gasteiger partial charge in [0.15, 0.2) is 0 Å². The average molecular weight is 375 g/mol. The van der Waals surface area contributed by atoms with Crippen LogP contribution in [0.2, 0.25) is 0 Å². The SMILES string of the molecule is C[C@H](O)CNCN(CCNCc1ccc(S(=O)(=O)O)cc1)C[C@H](C)O. The van der Waals surface area contributed by atoms with E-state index in [4.69, 9.17) is 4.55 Å². The van der Waals surface area contributed by atoms with Crippen LogP contribution >= 0.6 is 0 Å². The number of nitrogens with one attached hydrogen (secondary N) is 2. The highest BCUT2D eigenvalue weighted by atomic mass is 32.2. The Morgan fingerprint density at radius 3 is 2.24 bits per heavy atom. The Balaban J connectivity index is 2.37. The predicted octanol–water partition coefficient (Wildman–Crippen LogP) is -0.366. The second kappa shape index (κ2) is 10.8. The maximum Gasteiger partial charge on any atom is 0.294 e. The van der Waals surface area contributed by atoms with E-state index in [-0.39, 0.29) is 4.90 Å². The topological polar surface area (TPSA) is 122 Å². The molecule has 8 nitrogen and oxygen atoms in total. The van der Waals surface area contributed by atoms with Crippen LogP contribution in [0.1, 0.15) is 19.4 Å². The van der Waals surface area contributed by atoms with Crippen molar-refractivity contribution in [1.29, 1.82) is 0 Å². The molecule has 5 N–H and O–H groups in total. The molecule has 0 spiro atoms. The zero-order chi connectivity index (χ0) is 18.9. The summed E-state index contributed by atoms with van der Waals surface area (Å²) in [7, 11) is -4.16. The Labute approximate surface area is 149 Å². The van der Waals surface area contributed by atoms with Crippen LogP contribution in [0.3, 0.4) is 0 Å². The largest absolute Gasteiger partial charge is 0.392 e. The van der Waals surface area contributed by atoms with Crippen molar-refractivity contribution < 1.29 is 23.2 Å². The molecule has 9 heteroatoms. The highest BCUT2D eigenvalue weighted by molar-refractivity contribution is 7.85.